The van der Waals surface area contributed by atoms with Gasteiger partial charge in [-0.05, 0) is 38.9 Å². The fourth-order valence-electron chi connectivity index (χ4n) is 3.04. The van der Waals surface area contributed by atoms with Gasteiger partial charge in [0.1, 0.15) is 11.4 Å². The van der Waals surface area contributed by atoms with Crippen molar-refractivity contribution in [2.45, 2.75) is 26.4 Å². The standard InChI is InChI=1S/C19H35N5O2.HI/c1-5-20-18(22-15-19(3,25)17-7-6-12-26-17)21-13-16(2)14-24-10-8-23(4)9-11-24;/h6-7,12,16,25H,5,8-11,13-15H2,1-4H3,(H2,20,21,22);1H. The number of aliphatic hydroxyl groups is 1. The molecule has 0 radical (unpaired) electrons. The lowest BCUT2D eigenvalue weighted by Crippen LogP contribution is -2.47. The second kappa shape index (κ2) is 11.9. The Morgan fingerprint density at radius 2 is 2.04 bits per heavy atom. The number of guanidine groups is 1. The van der Waals surface area contributed by atoms with Gasteiger partial charge < -0.3 is 30.0 Å². The highest BCUT2D eigenvalue weighted by Crippen LogP contribution is 2.21. The molecule has 7 nitrogen and oxygen atoms in total. The van der Waals surface area contributed by atoms with E-state index in [-0.39, 0.29) is 30.5 Å². The summed E-state index contributed by atoms with van der Waals surface area (Å²) in [5.41, 5.74) is -1.11. The molecule has 0 amide bonds. The van der Waals surface area contributed by atoms with E-state index in [2.05, 4.69) is 39.4 Å². The van der Waals surface area contributed by atoms with Crippen LogP contribution in [-0.2, 0) is 5.60 Å². The first-order valence-electron chi connectivity index (χ1n) is 9.60. The Hall–Kier alpha value is -0.840. The predicted molar refractivity (Wildman–Crippen MR) is 121 cm³/mol. The van der Waals surface area contributed by atoms with Gasteiger partial charge in [-0.1, -0.05) is 6.92 Å². The molecule has 2 atom stereocenters. The Labute approximate surface area is 180 Å². The maximum absolute atomic E-state index is 10.5. The highest BCUT2D eigenvalue weighted by atomic mass is 127. The molecule has 27 heavy (non-hydrogen) atoms. The van der Waals surface area contributed by atoms with Crippen LogP contribution in [0.25, 0.3) is 0 Å². The maximum Gasteiger partial charge on any atom is 0.191 e. The van der Waals surface area contributed by atoms with Gasteiger partial charge in [0.2, 0.25) is 0 Å². The van der Waals surface area contributed by atoms with Crippen LogP contribution in [0.5, 0.6) is 0 Å². The van der Waals surface area contributed by atoms with E-state index in [4.69, 9.17) is 4.42 Å². The van der Waals surface area contributed by atoms with E-state index < -0.39 is 5.60 Å². The number of nitrogens with zero attached hydrogens (tertiary/aromatic N) is 3. The van der Waals surface area contributed by atoms with Crippen LogP contribution in [0.1, 0.15) is 26.5 Å². The van der Waals surface area contributed by atoms with E-state index >= 15 is 0 Å². The first kappa shape index (κ1) is 24.2. The largest absolute Gasteiger partial charge is 0.466 e. The van der Waals surface area contributed by atoms with Crippen LogP contribution in [0.15, 0.2) is 27.8 Å². The molecule has 2 unspecified atom stereocenters. The lowest BCUT2D eigenvalue weighted by molar-refractivity contribution is 0.0437. The minimum Gasteiger partial charge on any atom is -0.466 e. The highest BCUT2D eigenvalue weighted by molar-refractivity contribution is 14.0. The van der Waals surface area contributed by atoms with Crippen molar-refractivity contribution in [2.75, 3.05) is 59.4 Å². The molecule has 1 fully saturated rings. The number of rotatable bonds is 8. The number of hydrogen-bond acceptors (Lipinski definition) is 5. The summed E-state index contributed by atoms with van der Waals surface area (Å²) in [7, 11) is 2.18. The average Bonchev–Trinajstić information content (AvgIpc) is 3.15. The molecule has 0 aliphatic carbocycles. The molecule has 3 N–H and O–H groups in total. The van der Waals surface area contributed by atoms with Crippen LogP contribution in [0.2, 0.25) is 0 Å². The molecule has 1 aliphatic heterocycles. The predicted octanol–water partition coefficient (Wildman–Crippen LogP) is 1.54. The van der Waals surface area contributed by atoms with E-state index in [1.165, 1.54) is 0 Å². The number of piperazine rings is 1. The van der Waals surface area contributed by atoms with Crippen LogP contribution in [0, 0.1) is 5.92 Å². The summed E-state index contributed by atoms with van der Waals surface area (Å²) >= 11 is 0. The van der Waals surface area contributed by atoms with Gasteiger partial charge in [-0.2, -0.15) is 0 Å². The van der Waals surface area contributed by atoms with Crippen molar-refractivity contribution in [2.24, 2.45) is 10.9 Å². The van der Waals surface area contributed by atoms with Gasteiger partial charge in [0.15, 0.2) is 5.96 Å². The summed E-state index contributed by atoms with van der Waals surface area (Å²) in [4.78, 5) is 9.44. The van der Waals surface area contributed by atoms with Gasteiger partial charge in [0.05, 0.1) is 12.8 Å². The van der Waals surface area contributed by atoms with Crippen molar-refractivity contribution in [1.82, 2.24) is 20.4 Å². The summed E-state index contributed by atoms with van der Waals surface area (Å²) in [6.07, 6.45) is 1.57. The second-order valence-corrected chi connectivity index (χ2v) is 7.54. The Bertz CT molecular complexity index is 542. The Kier molecular flexibility index (Phi) is 10.6. The summed E-state index contributed by atoms with van der Waals surface area (Å²) < 4.78 is 5.31. The van der Waals surface area contributed by atoms with Crippen LogP contribution < -0.4 is 10.6 Å². The zero-order valence-corrected chi connectivity index (χ0v) is 19.4. The minimum absolute atomic E-state index is 0. The zero-order valence-electron chi connectivity index (χ0n) is 17.1. The van der Waals surface area contributed by atoms with Crippen molar-refractivity contribution in [3.63, 3.8) is 0 Å². The smallest absolute Gasteiger partial charge is 0.191 e. The van der Waals surface area contributed by atoms with Crippen molar-refractivity contribution in [3.8, 4) is 0 Å². The third-order valence-electron chi connectivity index (χ3n) is 4.73. The van der Waals surface area contributed by atoms with Gasteiger partial charge in [-0.25, -0.2) is 4.99 Å². The molecule has 1 aromatic rings. The van der Waals surface area contributed by atoms with E-state index in [1.54, 1.807) is 25.3 Å². The molecule has 0 saturated carbocycles. The van der Waals surface area contributed by atoms with Gasteiger partial charge in [0, 0.05) is 45.8 Å². The first-order chi connectivity index (χ1) is 12.4. The molecule has 1 aliphatic rings. The first-order valence-corrected chi connectivity index (χ1v) is 9.60. The fraction of sp³-hybridized carbons (Fsp3) is 0.737. The van der Waals surface area contributed by atoms with E-state index in [0.29, 0.717) is 11.7 Å². The van der Waals surface area contributed by atoms with Crippen molar-refractivity contribution in [3.05, 3.63) is 24.2 Å². The zero-order chi connectivity index (χ0) is 19.0. The molecule has 0 aromatic carbocycles. The minimum atomic E-state index is -1.11. The molecule has 0 spiro atoms. The number of aliphatic imine (C=N–C) groups is 1. The highest BCUT2D eigenvalue weighted by Gasteiger charge is 2.26. The van der Waals surface area contributed by atoms with Gasteiger partial charge in [-0.15, -0.1) is 24.0 Å². The van der Waals surface area contributed by atoms with Crippen molar-refractivity contribution < 1.29 is 9.52 Å². The van der Waals surface area contributed by atoms with Crippen molar-refractivity contribution in [1.29, 1.82) is 0 Å². The number of nitrogens with one attached hydrogen (secondary N) is 2. The monoisotopic (exact) mass is 493 g/mol. The van der Waals surface area contributed by atoms with E-state index in [0.717, 1.165) is 51.8 Å². The van der Waals surface area contributed by atoms with Crippen LogP contribution in [-0.4, -0.2) is 80.3 Å². The van der Waals surface area contributed by atoms with Crippen molar-refractivity contribution >= 4 is 29.9 Å². The molecular formula is C19H36IN5O2. The van der Waals surface area contributed by atoms with E-state index in [1.807, 2.05) is 6.92 Å². The molecule has 1 saturated heterocycles. The summed E-state index contributed by atoms with van der Waals surface area (Å²) in [5.74, 6) is 1.78. The van der Waals surface area contributed by atoms with Gasteiger partial charge in [0.25, 0.3) is 0 Å². The Balaban J connectivity index is 0.00000364. The van der Waals surface area contributed by atoms with E-state index in [9.17, 15) is 5.11 Å². The summed E-state index contributed by atoms with van der Waals surface area (Å²) in [5, 5.41) is 17.2. The topological polar surface area (TPSA) is 76.3 Å². The molecular weight excluding hydrogens is 457 g/mol. The lowest BCUT2D eigenvalue weighted by Gasteiger charge is -2.34. The van der Waals surface area contributed by atoms with Gasteiger partial charge >= 0.3 is 0 Å². The molecule has 156 valence electrons. The molecule has 0 bridgehead atoms. The third-order valence-corrected chi connectivity index (χ3v) is 4.73. The average molecular weight is 493 g/mol. The number of furan rings is 1. The Morgan fingerprint density at radius 1 is 1.33 bits per heavy atom. The fourth-order valence-corrected chi connectivity index (χ4v) is 3.04. The summed E-state index contributed by atoms with van der Waals surface area (Å²) in [6, 6.07) is 3.55. The normalized spacial score (nSPS) is 19.8. The second-order valence-electron chi connectivity index (χ2n) is 7.54. The molecule has 2 heterocycles. The molecule has 1 aromatic heterocycles. The lowest BCUT2D eigenvalue weighted by atomic mass is 10.0. The summed E-state index contributed by atoms with van der Waals surface area (Å²) in [6.45, 7) is 13.5. The number of hydrogen-bond donors (Lipinski definition) is 3. The van der Waals surface area contributed by atoms with Gasteiger partial charge in [-0.3, -0.25) is 0 Å². The van der Waals surface area contributed by atoms with Crippen LogP contribution >= 0.6 is 24.0 Å². The number of likely N-dealkylation sites (N-methyl/N-ethyl adjacent to an activating group) is 1. The van der Waals surface area contributed by atoms with Crippen LogP contribution in [0.4, 0.5) is 0 Å². The maximum atomic E-state index is 10.5. The SMILES string of the molecule is CCNC(=NCC(C)(O)c1ccco1)NCC(C)CN1CCN(C)CC1.I. The molecule has 2 rings (SSSR count). The third kappa shape index (κ3) is 8.37. The quantitative estimate of drug-likeness (QED) is 0.290. The Morgan fingerprint density at radius 3 is 2.63 bits per heavy atom. The van der Waals surface area contributed by atoms with Crippen LogP contribution in [0.3, 0.4) is 0 Å². The number of halogens is 1. The molecule has 8 heteroatoms.